The lowest BCUT2D eigenvalue weighted by atomic mass is 9.77. The number of carbonyl (C=O) groups is 1. The third-order valence-corrected chi connectivity index (χ3v) is 4.39. The van der Waals surface area contributed by atoms with Gasteiger partial charge in [0.1, 0.15) is 0 Å². The van der Waals surface area contributed by atoms with E-state index in [1.165, 1.54) is 24.8 Å². The summed E-state index contributed by atoms with van der Waals surface area (Å²) in [5.74, 6) is 0.597. The summed E-state index contributed by atoms with van der Waals surface area (Å²) < 4.78 is 0.835. The molecule has 1 saturated carbocycles. The summed E-state index contributed by atoms with van der Waals surface area (Å²) in [5, 5.41) is 0. The molecule has 0 saturated heterocycles. The van der Waals surface area contributed by atoms with Crippen molar-refractivity contribution in [1.29, 1.82) is 0 Å². The lowest BCUT2D eigenvalue weighted by molar-refractivity contribution is 0.103. The van der Waals surface area contributed by atoms with Gasteiger partial charge in [-0.1, -0.05) is 46.6 Å². The Balaban J connectivity index is 2.01. The molecular formula is C17H16BrNO. The zero-order valence-electron chi connectivity index (χ0n) is 11.1. The standard InChI is InChI=1S/C17H16BrNO/c18-13-8-12(9-14(19)10-13)17(20)16-7-2-1-6-15(16)11-4-3-5-11/h1-2,6-11H,3-5,19H2. The van der Waals surface area contributed by atoms with Crippen LogP contribution in [0.4, 0.5) is 5.69 Å². The third-order valence-electron chi connectivity index (χ3n) is 3.93. The van der Waals surface area contributed by atoms with E-state index in [1.807, 2.05) is 24.3 Å². The van der Waals surface area contributed by atoms with E-state index in [0.29, 0.717) is 17.2 Å². The van der Waals surface area contributed by atoms with Crippen molar-refractivity contribution < 1.29 is 4.79 Å². The van der Waals surface area contributed by atoms with Crippen LogP contribution in [-0.4, -0.2) is 5.78 Å². The Kier molecular flexibility index (Phi) is 3.62. The van der Waals surface area contributed by atoms with Crippen LogP contribution in [0.1, 0.15) is 46.7 Å². The lowest BCUT2D eigenvalue weighted by Gasteiger charge is -2.27. The summed E-state index contributed by atoms with van der Waals surface area (Å²) >= 11 is 3.39. The monoisotopic (exact) mass is 329 g/mol. The molecule has 2 nitrogen and oxygen atoms in total. The first kappa shape index (κ1) is 13.4. The van der Waals surface area contributed by atoms with Crippen LogP contribution in [0.2, 0.25) is 0 Å². The molecule has 0 unspecified atom stereocenters. The zero-order valence-corrected chi connectivity index (χ0v) is 12.7. The fourth-order valence-electron chi connectivity index (χ4n) is 2.68. The Bertz CT molecular complexity index is 642. The largest absolute Gasteiger partial charge is 0.399 e. The Morgan fingerprint density at radius 3 is 2.55 bits per heavy atom. The Labute approximate surface area is 127 Å². The maximum absolute atomic E-state index is 12.7. The van der Waals surface area contributed by atoms with E-state index in [-0.39, 0.29) is 5.78 Å². The molecule has 102 valence electrons. The van der Waals surface area contributed by atoms with Crippen molar-refractivity contribution in [1.82, 2.24) is 0 Å². The van der Waals surface area contributed by atoms with Crippen molar-refractivity contribution in [2.24, 2.45) is 0 Å². The average Bonchev–Trinajstić information content (AvgIpc) is 2.35. The number of carbonyl (C=O) groups excluding carboxylic acids is 1. The second-order valence-electron chi connectivity index (χ2n) is 5.32. The molecule has 3 rings (SSSR count). The highest BCUT2D eigenvalue weighted by Crippen LogP contribution is 2.38. The smallest absolute Gasteiger partial charge is 0.193 e. The Hall–Kier alpha value is -1.61. The molecule has 0 amide bonds. The molecule has 20 heavy (non-hydrogen) atoms. The SMILES string of the molecule is Nc1cc(Br)cc(C(=O)c2ccccc2C2CCC2)c1. The molecule has 0 heterocycles. The number of halogens is 1. The highest BCUT2D eigenvalue weighted by molar-refractivity contribution is 9.10. The van der Waals surface area contributed by atoms with Crippen LogP contribution in [0.5, 0.6) is 0 Å². The van der Waals surface area contributed by atoms with E-state index in [1.54, 1.807) is 12.1 Å². The summed E-state index contributed by atoms with van der Waals surface area (Å²) in [4.78, 5) is 12.7. The van der Waals surface area contributed by atoms with E-state index >= 15 is 0 Å². The van der Waals surface area contributed by atoms with Gasteiger partial charge in [-0.3, -0.25) is 4.79 Å². The molecule has 2 N–H and O–H groups in total. The highest BCUT2D eigenvalue weighted by Gasteiger charge is 2.24. The Morgan fingerprint density at radius 1 is 1.15 bits per heavy atom. The minimum atomic E-state index is 0.0560. The molecule has 1 aliphatic rings. The summed E-state index contributed by atoms with van der Waals surface area (Å²) in [5.41, 5.74) is 9.07. The maximum atomic E-state index is 12.7. The van der Waals surface area contributed by atoms with Gasteiger partial charge in [0.25, 0.3) is 0 Å². The summed E-state index contributed by atoms with van der Waals surface area (Å²) in [6.45, 7) is 0. The van der Waals surface area contributed by atoms with Crippen molar-refractivity contribution in [3.8, 4) is 0 Å². The first-order valence-corrected chi connectivity index (χ1v) is 7.64. The van der Waals surface area contributed by atoms with Gasteiger partial charge >= 0.3 is 0 Å². The molecule has 0 spiro atoms. The number of benzene rings is 2. The minimum absolute atomic E-state index is 0.0560. The molecule has 3 heteroatoms. The van der Waals surface area contributed by atoms with Crippen molar-refractivity contribution in [3.05, 3.63) is 63.6 Å². The number of anilines is 1. The highest BCUT2D eigenvalue weighted by atomic mass is 79.9. The lowest BCUT2D eigenvalue weighted by Crippen LogP contribution is -2.14. The van der Waals surface area contributed by atoms with E-state index in [2.05, 4.69) is 22.0 Å². The molecule has 0 atom stereocenters. The summed E-state index contributed by atoms with van der Waals surface area (Å²) in [6, 6.07) is 13.3. The van der Waals surface area contributed by atoms with Crippen LogP contribution < -0.4 is 5.73 Å². The van der Waals surface area contributed by atoms with Gasteiger partial charge in [-0.15, -0.1) is 0 Å². The number of ketones is 1. The van der Waals surface area contributed by atoms with Gasteiger partial charge in [-0.25, -0.2) is 0 Å². The topological polar surface area (TPSA) is 43.1 Å². The fourth-order valence-corrected chi connectivity index (χ4v) is 3.19. The minimum Gasteiger partial charge on any atom is -0.399 e. The Morgan fingerprint density at radius 2 is 1.90 bits per heavy atom. The molecule has 1 aliphatic carbocycles. The fraction of sp³-hybridized carbons (Fsp3) is 0.235. The van der Waals surface area contributed by atoms with Crippen LogP contribution in [0.25, 0.3) is 0 Å². The molecule has 0 aromatic heterocycles. The molecule has 0 radical (unpaired) electrons. The quantitative estimate of drug-likeness (QED) is 0.664. The number of nitrogens with two attached hydrogens (primary N) is 1. The van der Waals surface area contributed by atoms with Crippen LogP contribution >= 0.6 is 15.9 Å². The van der Waals surface area contributed by atoms with Gasteiger partial charge in [-0.05, 0) is 42.5 Å². The molecule has 1 fully saturated rings. The van der Waals surface area contributed by atoms with Crippen LogP contribution in [-0.2, 0) is 0 Å². The van der Waals surface area contributed by atoms with Crippen molar-refractivity contribution in [3.63, 3.8) is 0 Å². The molecular weight excluding hydrogens is 314 g/mol. The summed E-state index contributed by atoms with van der Waals surface area (Å²) in [7, 11) is 0. The van der Waals surface area contributed by atoms with Crippen LogP contribution in [0.15, 0.2) is 46.9 Å². The number of rotatable bonds is 3. The first-order chi connectivity index (χ1) is 9.65. The van der Waals surface area contributed by atoms with E-state index in [4.69, 9.17) is 5.73 Å². The number of hydrogen-bond acceptors (Lipinski definition) is 2. The molecule has 2 aromatic carbocycles. The van der Waals surface area contributed by atoms with Crippen molar-refractivity contribution in [2.75, 3.05) is 5.73 Å². The first-order valence-electron chi connectivity index (χ1n) is 6.85. The van der Waals surface area contributed by atoms with Crippen LogP contribution in [0.3, 0.4) is 0 Å². The van der Waals surface area contributed by atoms with Crippen molar-refractivity contribution >= 4 is 27.4 Å². The van der Waals surface area contributed by atoms with E-state index in [9.17, 15) is 4.79 Å². The molecule has 0 bridgehead atoms. The third kappa shape index (κ3) is 2.50. The second kappa shape index (κ2) is 5.41. The maximum Gasteiger partial charge on any atom is 0.193 e. The number of nitrogen functional groups attached to an aromatic ring is 1. The predicted octanol–water partition coefficient (Wildman–Crippen LogP) is 4.53. The summed E-state index contributed by atoms with van der Waals surface area (Å²) in [6.07, 6.45) is 3.63. The average molecular weight is 330 g/mol. The van der Waals surface area contributed by atoms with Gasteiger partial charge < -0.3 is 5.73 Å². The van der Waals surface area contributed by atoms with Gasteiger partial charge in [0, 0.05) is 21.3 Å². The van der Waals surface area contributed by atoms with Crippen molar-refractivity contribution in [2.45, 2.75) is 25.2 Å². The second-order valence-corrected chi connectivity index (χ2v) is 6.23. The number of hydrogen-bond donors (Lipinski definition) is 1. The zero-order chi connectivity index (χ0) is 14.1. The van der Waals surface area contributed by atoms with Gasteiger partial charge in [0.2, 0.25) is 0 Å². The van der Waals surface area contributed by atoms with Gasteiger partial charge in [0.05, 0.1) is 0 Å². The van der Waals surface area contributed by atoms with Crippen LogP contribution in [0, 0.1) is 0 Å². The predicted molar refractivity (Wildman–Crippen MR) is 85.0 cm³/mol. The molecule has 2 aromatic rings. The van der Waals surface area contributed by atoms with Gasteiger partial charge in [0.15, 0.2) is 5.78 Å². The van der Waals surface area contributed by atoms with E-state index in [0.717, 1.165) is 10.0 Å². The normalized spacial score (nSPS) is 14.8. The van der Waals surface area contributed by atoms with E-state index < -0.39 is 0 Å². The molecule has 0 aliphatic heterocycles. The van der Waals surface area contributed by atoms with Gasteiger partial charge in [-0.2, -0.15) is 0 Å².